The van der Waals surface area contributed by atoms with Crippen LogP contribution in [-0.2, 0) is 9.59 Å². The van der Waals surface area contributed by atoms with Gasteiger partial charge in [0.1, 0.15) is 5.82 Å². The van der Waals surface area contributed by atoms with Crippen molar-refractivity contribution >= 4 is 23.5 Å². The summed E-state index contributed by atoms with van der Waals surface area (Å²) in [7, 11) is 0. The van der Waals surface area contributed by atoms with Crippen LogP contribution < -0.4 is 5.32 Å². The van der Waals surface area contributed by atoms with Crippen LogP contribution in [0.4, 0.5) is 4.39 Å². The van der Waals surface area contributed by atoms with E-state index in [1.807, 2.05) is 13.8 Å². The van der Waals surface area contributed by atoms with E-state index in [4.69, 9.17) is 16.7 Å². The highest BCUT2D eigenvalue weighted by Gasteiger charge is 2.23. The van der Waals surface area contributed by atoms with E-state index in [0.717, 1.165) is 12.5 Å². The highest BCUT2D eigenvalue weighted by atomic mass is 35.5. The quantitative estimate of drug-likeness (QED) is 0.848. The Kier molecular flexibility index (Phi) is 5.95. The third kappa shape index (κ3) is 4.49. The Bertz CT molecular complexity index is 507. The van der Waals surface area contributed by atoms with Gasteiger partial charge in [0.15, 0.2) is 6.04 Å². The molecule has 0 aliphatic carbocycles. The SMILES string of the molecule is CCC(C)CC(=O)NC(C(=O)O)c1ccc(Cl)c(F)c1. The van der Waals surface area contributed by atoms with Crippen LogP contribution in [0.15, 0.2) is 18.2 Å². The number of amides is 1. The Morgan fingerprint density at radius 2 is 2.10 bits per heavy atom. The Morgan fingerprint density at radius 3 is 2.60 bits per heavy atom. The van der Waals surface area contributed by atoms with Crippen molar-refractivity contribution in [1.29, 1.82) is 0 Å². The lowest BCUT2D eigenvalue weighted by Crippen LogP contribution is -2.34. The van der Waals surface area contributed by atoms with Gasteiger partial charge in [-0.2, -0.15) is 0 Å². The van der Waals surface area contributed by atoms with E-state index in [0.29, 0.717) is 0 Å². The van der Waals surface area contributed by atoms with Gasteiger partial charge < -0.3 is 10.4 Å². The smallest absolute Gasteiger partial charge is 0.330 e. The van der Waals surface area contributed by atoms with Crippen LogP contribution >= 0.6 is 11.6 Å². The van der Waals surface area contributed by atoms with Crippen LogP contribution in [0.3, 0.4) is 0 Å². The Morgan fingerprint density at radius 1 is 1.45 bits per heavy atom. The zero-order chi connectivity index (χ0) is 15.3. The van der Waals surface area contributed by atoms with Gasteiger partial charge in [-0.05, 0) is 23.6 Å². The average molecular weight is 302 g/mol. The van der Waals surface area contributed by atoms with Crippen LogP contribution in [0.25, 0.3) is 0 Å². The summed E-state index contributed by atoms with van der Waals surface area (Å²) in [5.41, 5.74) is 0.150. The molecule has 0 radical (unpaired) electrons. The number of benzene rings is 1. The van der Waals surface area contributed by atoms with Crippen molar-refractivity contribution in [1.82, 2.24) is 5.32 Å². The van der Waals surface area contributed by atoms with Crippen LogP contribution in [0, 0.1) is 11.7 Å². The van der Waals surface area contributed by atoms with E-state index in [-0.39, 0.29) is 28.8 Å². The van der Waals surface area contributed by atoms with E-state index >= 15 is 0 Å². The van der Waals surface area contributed by atoms with Gasteiger partial charge in [-0.25, -0.2) is 9.18 Å². The molecule has 0 saturated heterocycles. The highest BCUT2D eigenvalue weighted by Crippen LogP contribution is 2.21. The van der Waals surface area contributed by atoms with Crippen molar-refractivity contribution in [3.8, 4) is 0 Å². The molecule has 110 valence electrons. The molecule has 1 aromatic carbocycles. The number of rotatable bonds is 6. The number of carboxylic acid groups (broad SMARTS) is 1. The van der Waals surface area contributed by atoms with Gasteiger partial charge >= 0.3 is 5.97 Å². The molecular formula is C14H17ClFNO3. The van der Waals surface area contributed by atoms with Gasteiger partial charge in [0, 0.05) is 6.42 Å². The Balaban J connectivity index is 2.86. The molecule has 1 amide bonds. The normalized spacial score (nSPS) is 13.6. The second-order valence-electron chi connectivity index (χ2n) is 4.73. The number of hydrogen-bond donors (Lipinski definition) is 2. The lowest BCUT2D eigenvalue weighted by molar-refractivity contribution is -0.142. The van der Waals surface area contributed by atoms with Crippen LogP contribution in [-0.4, -0.2) is 17.0 Å². The van der Waals surface area contributed by atoms with Gasteiger partial charge in [-0.1, -0.05) is 37.9 Å². The van der Waals surface area contributed by atoms with E-state index < -0.39 is 17.8 Å². The van der Waals surface area contributed by atoms with Gasteiger partial charge in [-0.3, -0.25) is 4.79 Å². The number of nitrogens with one attached hydrogen (secondary N) is 1. The fourth-order valence-corrected chi connectivity index (χ4v) is 1.78. The molecule has 2 N–H and O–H groups in total. The van der Waals surface area contributed by atoms with Crippen LogP contribution in [0.5, 0.6) is 0 Å². The van der Waals surface area contributed by atoms with Gasteiger partial charge in [0.05, 0.1) is 5.02 Å². The molecule has 0 aliphatic rings. The number of carbonyl (C=O) groups excluding carboxylic acids is 1. The molecule has 2 unspecified atom stereocenters. The molecule has 1 aromatic rings. The topological polar surface area (TPSA) is 66.4 Å². The summed E-state index contributed by atoms with van der Waals surface area (Å²) in [6.45, 7) is 3.85. The maximum Gasteiger partial charge on any atom is 0.330 e. The number of hydrogen-bond acceptors (Lipinski definition) is 2. The molecule has 0 aliphatic heterocycles. The predicted octanol–water partition coefficient (Wildman–Crippen LogP) is 3.16. The zero-order valence-electron chi connectivity index (χ0n) is 11.3. The van der Waals surface area contributed by atoms with Crippen molar-refractivity contribution in [3.63, 3.8) is 0 Å². The first kappa shape index (κ1) is 16.4. The molecule has 0 bridgehead atoms. The van der Waals surface area contributed by atoms with Gasteiger partial charge in [0.2, 0.25) is 5.91 Å². The van der Waals surface area contributed by atoms with Crippen LogP contribution in [0.1, 0.15) is 38.3 Å². The maximum absolute atomic E-state index is 13.4. The molecule has 0 aromatic heterocycles. The van der Waals surface area contributed by atoms with E-state index in [9.17, 15) is 14.0 Å². The first-order valence-corrected chi connectivity index (χ1v) is 6.70. The second-order valence-corrected chi connectivity index (χ2v) is 5.14. The van der Waals surface area contributed by atoms with Crippen molar-refractivity contribution in [2.45, 2.75) is 32.7 Å². The minimum Gasteiger partial charge on any atom is -0.479 e. The average Bonchev–Trinajstić information content (AvgIpc) is 2.38. The van der Waals surface area contributed by atoms with Gasteiger partial charge in [0.25, 0.3) is 0 Å². The number of aliphatic carboxylic acids is 1. The molecule has 2 atom stereocenters. The molecule has 1 rings (SSSR count). The molecule has 0 fully saturated rings. The van der Waals surface area contributed by atoms with Crippen molar-refractivity contribution in [2.24, 2.45) is 5.92 Å². The van der Waals surface area contributed by atoms with E-state index in [1.165, 1.54) is 12.1 Å². The predicted molar refractivity (Wildman–Crippen MR) is 74.0 cm³/mol. The fourth-order valence-electron chi connectivity index (χ4n) is 1.66. The lowest BCUT2D eigenvalue weighted by atomic mass is 10.0. The fraction of sp³-hybridized carbons (Fsp3) is 0.429. The third-order valence-electron chi connectivity index (χ3n) is 3.06. The minimum atomic E-state index is -1.28. The molecule has 0 saturated carbocycles. The number of carbonyl (C=O) groups is 2. The van der Waals surface area contributed by atoms with Crippen molar-refractivity contribution in [2.75, 3.05) is 0 Å². The summed E-state index contributed by atoms with van der Waals surface area (Å²) in [5.74, 6) is -2.18. The van der Waals surface area contributed by atoms with Crippen molar-refractivity contribution in [3.05, 3.63) is 34.6 Å². The zero-order valence-corrected chi connectivity index (χ0v) is 12.1. The second kappa shape index (κ2) is 7.24. The van der Waals surface area contributed by atoms with Crippen molar-refractivity contribution < 1.29 is 19.1 Å². The number of carboxylic acids is 1. The monoisotopic (exact) mass is 301 g/mol. The molecular weight excluding hydrogens is 285 g/mol. The van der Waals surface area contributed by atoms with Gasteiger partial charge in [-0.15, -0.1) is 0 Å². The minimum absolute atomic E-state index is 0.0937. The molecule has 0 heterocycles. The molecule has 4 nitrogen and oxygen atoms in total. The number of halogens is 2. The summed E-state index contributed by atoms with van der Waals surface area (Å²) < 4.78 is 13.4. The third-order valence-corrected chi connectivity index (χ3v) is 3.37. The summed E-state index contributed by atoms with van der Waals surface area (Å²) >= 11 is 5.55. The molecule has 0 spiro atoms. The molecule has 6 heteroatoms. The van der Waals surface area contributed by atoms with E-state index in [1.54, 1.807) is 0 Å². The Labute approximate surface area is 121 Å². The largest absolute Gasteiger partial charge is 0.479 e. The summed E-state index contributed by atoms with van der Waals surface area (Å²) in [6, 6.07) is 2.39. The molecule has 20 heavy (non-hydrogen) atoms. The first-order valence-electron chi connectivity index (χ1n) is 6.32. The standard InChI is InChI=1S/C14H17ClFNO3/c1-3-8(2)6-12(18)17-13(14(19)20)9-4-5-10(15)11(16)7-9/h4-5,7-8,13H,3,6H2,1-2H3,(H,17,18)(H,19,20). The lowest BCUT2D eigenvalue weighted by Gasteiger charge is -2.16. The maximum atomic E-state index is 13.4. The van der Waals surface area contributed by atoms with E-state index in [2.05, 4.69) is 5.32 Å². The summed E-state index contributed by atoms with van der Waals surface area (Å²) in [4.78, 5) is 23.0. The highest BCUT2D eigenvalue weighted by molar-refractivity contribution is 6.30. The van der Waals surface area contributed by atoms with Crippen LogP contribution in [0.2, 0.25) is 5.02 Å². The first-order chi connectivity index (χ1) is 9.35. The summed E-state index contributed by atoms with van der Waals surface area (Å²) in [6.07, 6.45) is 1.05. The summed E-state index contributed by atoms with van der Waals surface area (Å²) in [5, 5.41) is 11.5. The Hall–Kier alpha value is -1.62.